The lowest BCUT2D eigenvalue weighted by Crippen LogP contribution is -2.05. The predicted molar refractivity (Wildman–Crippen MR) is 63.1 cm³/mol. The molecule has 1 aromatic heterocycles. The number of aromatic nitrogens is 1. The molecule has 0 aliphatic rings. The summed E-state index contributed by atoms with van der Waals surface area (Å²) in [5, 5.41) is 2.69. The Morgan fingerprint density at radius 2 is 2.29 bits per heavy atom. The highest BCUT2D eigenvalue weighted by atomic mass is 79.9. The second-order valence-electron chi connectivity index (χ2n) is 2.69. The highest BCUT2D eigenvalue weighted by Crippen LogP contribution is 2.26. The zero-order valence-electron chi connectivity index (χ0n) is 7.20. The smallest absolute Gasteiger partial charge is 0.197 e. The maximum atomic E-state index is 5.26. The third kappa shape index (κ3) is 1.95. The third-order valence-electron chi connectivity index (χ3n) is 1.75. The number of nitrogen functional groups attached to an aromatic ring is 1. The summed E-state index contributed by atoms with van der Waals surface area (Å²) in [6, 6.07) is 8.00. The lowest BCUT2D eigenvalue weighted by Gasteiger charge is -1.96. The molecule has 0 amide bonds. The number of hydrogen-bond donors (Lipinski definition) is 2. The fourth-order valence-electron chi connectivity index (χ4n) is 1.12. The molecule has 0 spiro atoms. The summed E-state index contributed by atoms with van der Waals surface area (Å²) in [6.45, 7) is 0. The van der Waals surface area contributed by atoms with Crippen LogP contribution in [0.4, 0.5) is 5.13 Å². The summed E-state index contributed by atoms with van der Waals surface area (Å²) >= 11 is 4.91. The number of thiazole rings is 1. The van der Waals surface area contributed by atoms with Gasteiger partial charge in [-0.05, 0) is 12.1 Å². The Morgan fingerprint density at radius 1 is 1.43 bits per heavy atom. The number of nitrogens with zero attached hydrogens (tertiary/aromatic N) is 1. The van der Waals surface area contributed by atoms with Crippen LogP contribution in [0.5, 0.6) is 0 Å². The van der Waals surface area contributed by atoms with Crippen molar-refractivity contribution in [2.24, 2.45) is 5.84 Å². The van der Waals surface area contributed by atoms with E-state index in [9.17, 15) is 0 Å². The maximum Gasteiger partial charge on any atom is 0.197 e. The van der Waals surface area contributed by atoms with E-state index in [0.717, 1.165) is 20.9 Å². The Morgan fingerprint density at radius 3 is 2.93 bits per heavy atom. The van der Waals surface area contributed by atoms with E-state index >= 15 is 0 Å². The summed E-state index contributed by atoms with van der Waals surface area (Å²) in [4.78, 5) is 4.30. The van der Waals surface area contributed by atoms with Crippen LogP contribution in [0, 0.1) is 0 Å². The van der Waals surface area contributed by atoms with Crippen LogP contribution >= 0.6 is 27.3 Å². The quantitative estimate of drug-likeness (QED) is 0.651. The molecule has 3 nitrogen and oxygen atoms in total. The zero-order valence-corrected chi connectivity index (χ0v) is 9.60. The van der Waals surface area contributed by atoms with E-state index in [2.05, 4.69) is 26.3 Å². The number of halogens is 1. The molecule has 0 fully saturated rings. The number of nitrogens with two attached hydrogens (primary N) is 1. The lowest BCUT2D eigenvalue weighted by atomic mass is 10.2. The van der Waals surface area contributed by atoms with E-state index in [-0.39, 0.29) is 0 Å². The van der Waals surface area contributed by atoms with Gasteiger partial charge in [0.1, 0.15) is 0 Å². The van der Waals surface area contributed by atoms with Crippen molar-refractivity contribution in [2.75, 3.05) is 5.43 Å². The largest absolute Gasteiger partial charge is 0.300 e. The average molecular weight is 270 g/mol. The number of hydrogen-bond acceptors (Lipinski definition) is 4. The highest BCUT2D eigenvalue weighted by Gasteiger charge is 2.03. The van der Waals surface area contributed by atoms with E-state index < -0.39 is 0 Å². The van der Waals surface area contributed by atoms with Crippen LogP contribution < -0.4 is 11.3 Å². The third-order valence-corrected chi connectivity index (χ3v) is 3.01. The molecule has 1 heterocycles. The van der Waals surface area contributed by atoms with Crippen molar-refractivity contribution >= 4 is 32.4 Å². The molecule has 2 aromatic rings. The average Bonchev–Trinajstić information content (AvgIpc) is 2.66. The van der Waals surface area contributed by atoms with Gasteiger partial charge in [0.2, 0.25) is 0 Å². The molecule has 0 bridgehead atoms. The maximum absolute atomic E-state index is 5.26. The summed E-state index contributed by atoms with van der Waals surface area (Å²) in [5.41, 5.74) is 4.54. The van der Waals surface area contributed by atoms with E-state index in [0.29, 0.717) is 0 Å². The van der Waals surface area contributed by atoms with Gasteiger partial charge < -0.3 is 0 Å². The van der Waals surface area contributed by atoms with Crippen LogP contribution in [0.3, 0.4) is 0 Å². The van der Waals surface area contributed by atoms with Crippen molar-refractivity contribution in [3.63, 3.8) is 0 Å². The van der Waals surface area contributed by atoms with Crippen LogP contribution in [0.15, 0.2) is 34.1 Å². The molecule has 0 saturated carbocycles. The van der Waals surface area contributed by atoms with Crippen LogP contribution in [0.1, 0.15) is 0 Å². The van der Waals surface area contributed by atoms with Gasteiger partial charge in [0.25, 0.3) is 0 Å². The van der Waals surface area contributed by atoms with Crippen molar-refractivity contribution in [1.82, 2.24) is 4.98 Å². The minimum atomic E-state index is 0.722. The van der Waals surface area contributed by atoms with Gasteiger partial charge in [-0.2, -0.15) is 0 Å². The van der Waals surface area contributed by atoms with Gasteiger partial charge in [-0.3, -0.25) is 5.43 Å². The number of anilines is 1. The normalized spacial score (nSPS) is 10.1. The van der Waals surface area contributed by atoms with Gasteiger partial charge in [-0.25, -0.2) is 10.8 Å². The molecular formula is C9H8BrN3S. The SMILES string of the molecule is NNc1nc(-c2cccc(Br)c2)cs1. The van der Waals surface area contributed by atoms with E-state index in [1.54, 1.807) is 0 Å². The molecule has 0 aliphatic carbocycles. The first-order valence-corrected chi connectivity index (χ1v) is 5.65. The van der Waals surface area contributed by atoms with Gasteiger partial charge in [-0.15, -0.1) is 11.3 Å². The van der Waals surface area contributed by atoms with Gasteiger partial charge in [0.05, 0.1) is 5.69 Å². The minimum Gasteiger partial charge on any atom is -0.300 e. The van der Waals surface area contributed by atoms with Gasteiger partial charge in [0.15, 0.2) is 5.13 Å². The van der Waals surface area contributed by atoms with Crippen molar-refractivity contribution in [1.29, 1.82) is 0 Å². The summed E-state index contributed by atoms with van der Waals surface area (Å²) < 4.78 is 1.05. The van der Waals surface area contributed by atoms with E-state index in [1.807, 2.05) is 29.6 Å². The van der Waals surface area contributed by atoms with Crippen LogP contribution in [0.25, 0.3) is 11.3 Å². The Kier molecular flexibility index (Phi) is 2.81. The summed E-state index contributed by atoms with van der Waals surface area (Å²) in [7, 11) is 0. The molecule has 5 heteroatoms. The second-order valence-corrected chi connectivity index (χ2v) is 4.47. The van der Waals surface area contributed by atoms with E-state index in [4.69, 9.17) is 5.84 Å². The molecule has 0 aliphatic heterocycles. The van der Waals surface area contributed by atoms with Crippen molar-refractivity contribution < 1.29 is 0 Å². The number of rotatable bonds is 2. The molecule has 2 rings (SSSR count). The molecule has 72 valence electrons. The monoisotopic (exact) mass is 269 g/mol. The first-order valence-electron chi connectivity index (χ1n) is 3.97. The molecule has 0 saturated heterocycles. The summed E-state index contributed by atoms with van der Waals surface area (Å²) in [6.07, 6.45) is 0. The second kappa shape index (κ2) is 4.08. The van der Waals surface area contributed by atoms with E-state index in [1.165, 1.54) is 11.3 Å². The van der Waals surface area contributed by atoms with Gasteiger partial charge in [-0.1, -0.05) is 28.1 Å². The molecule has 1 aromatic carbocycles. The lowest BCUT2D eigenvalue weighted by molar-refractivity contribution is 1.29. The molecule has 0 unspecified atom stereocenters. The van der Waals surface area contributed by atoms with Crippen molar-refractivity contribution in [3.8, 4) is 11.3 Å². The van der Waals surface area contributed by atoms with Crippen LogP contribution in [-0.2, 0) is 0 Å². The fraction of sp³-hybridized carbons (Fsp3) is 0. The zero-order chi connectivity index (χ0) is 9.97. The standard InChI is InChI=1S/C9H8BrN3S/c10-7-3-1-2-6(4-7)8-5-14-9(12-8)13-11/h1-5H,11H2,(H,12,13). The number of nitrogens with one attached hydrogen (secondary N) is 1. The Hall–Kier alpha value is -0.910. The van der Waals surface area contributed by atoms with Crippen molar-refractivity contribution in [3.05, 3.63) is 34.1 Å². The predicted octanol–water partition coefficient (Wildman–Crippen LogP) is 2.86. The Bertz CT molecular complexity index is 441. The van der Waals surface area contributed by atoms with Crippen molar-refractivity contribution in [2.45, 2.75) is 0 Å². The van der Waals surface area contributed by atoms with Gasteiger partial charge >= 0.3 is 0 Å². The molecule has 3 N–H and O–H groups in total. The first-order chi connectivity index (χ1) is 6.79. The fourth-order valence-corrected chi connectivity index (χ4v) is 2.15. The van der Waals surface area contributed by atoms with Gasteiger partial charge in [0, 0.05) is 15.4 Å². The molecule has 0 radical (unpaired) electrons. The molecule has 14 heavy (non-hydrogen) atoms. The number of hydrazine groups is 1. The molecular weight excluding hydrogens is 262 g/mol. The highest BCUT2D eigenvalue weighted by molar-refractivity contribution is 9.10. The van der Waals surface area contributed by atoms with Crippen LogP contribution in [-0.4, -0.2) is 4.98 Å². The summed E-state index contributed by atoms with van der Waals surface area (Å²) in [5.74, 6) is 5.26. The Balaban J connectivity index is 2.39. The minimum absolute atomic E-state index is 0.722. The topological polar surface area (TPSA) is 50.9 Å². The first kappa shape index (κ1) is 9.64. The number of benzene rings is 1. The molecule has 0 atom stereocenters. The Labute approximate surface area is 94.1 Å². The van der Waals surface area contributed by atoms with Crippen LogP contribution in [0.2, 0.25) is 0 Å².